The van der Waals surface area contributed by atoms with Crippen molar-refractivity contribution in [3.63, 3.8) is 0 Å². The van der Waals surface area contributed by atoms with E-state index in [1.807, 2.05) is 18.9 Å². The molecule has 0 amide bonds. The van der Waals surface area contributed by atoms with E-state index in [1.165, 1.54) is 17.0 Å². The number of aliphatic imine (C=N–C) groups is 1. The van der Waals surface area contributed by atoms with E-state index in [2.05, 4.69) is 44.3 Å². The van der Waals surface area contributed by atoms with Crippen molar-refractivity contribution in [2.75, 3.05) is 0 Å². The molecule has 0 bridgehead atoms. The average Bonchev–Trinajstić information content (AvgIpc) is 2.83. The van der Waals surface area contributed by atoms with E-state index in [4.69, 9.17) is 0 Å². The second kappa shape index (κ2) is 3.70. The van der Waals surface area contributed by atoms with Crippen LogP contribution in [0.2, 0.25) is 0 Å². The molecule has 90 valence electrons. The molecule has 0 saturated carbocycles. The maximum atomic E-state index is 4.65. The Kier molecular flexibility index (Phi) is 2.03. The van der Waals surface area contributed by atoms with Gasteiger partial charge in [-0.25, -0.2) is 4.98 Å². The summed E-state index contributed by atoms with van der Waals surface area (Å²) in [6, 6.07) is 0.266. The first-order valence-corrected chi connectivity index (χ1v) is 6.28. The van der Waals surface area contributed by atoms with Crippen LogP contribution in [0.5, 0.6) is 0 Å². The van der Waals surface area contributed by atoms with Gasteiger partial charge in [-0.05, 0) is 18.1 Å². The number of imidazole rings is 1. The molecule has 0 aromatic carbocycles. The zero-order valence-corrected chi connectivity index (χ0v) is 9.95. The number of fused-ring (bicyclic) bond motifs is 5. The van der Waals surface area contributed by atoms with Crippen molar-refractivity contribution in [1.29, 1.82) is 0 Å². The van der Waals surface area contributed by atoms with Gasteiger partial charge in [0, 0.05) is 36.1 Å². The summed E-state index contributed by atoms with van der Waals surface area (Å²) < 4.78 is 2.23. The molecule has 4 rings (SSSR count). The molecule has 0 fully saturated rings. The lowest BCUT2D eigenvalue weighted by Crippen LogP contribution is -2.28. The summed E-state index contributed by atoms with van der Waals surface area (Å²) in [6.45, 7) is 0. The molecule has 1 aromatic rings. The first-order valence-electron chi connectivity index (χ1n) is 6.28. The Morgan fingerprint density at radius 1 is 1.39 bits per heavy atom. The van der Waals surface area contributed by atoms with Gasteiger partial charge in [-0.3, -0.25) is 4.99 Å². The van der Waals surface area contributed by atoms with Gasteiger partial charge in [0.2, 0.25) is 0 Å². The van der Waals surface area contributed by atoms with E-state index < -0.39 is 0 Å². The predicted octanol–water partition coefficient (Wildman–Crippen LogP) is 1.74. The van der Waals surface area contributed by atoms with Crippen LogP contribution in [-0.2, 0) is 6.42 Å². The largest absolute Gasteiger partial charge is 0.353 e. The highest BCUT2D eigenvalue weighted by Crippen LogP contribution is 2.37. The van der Waals surface area contributed by atoms with Gasteiger partial charge in [0.1, 0.15) is 0 Å². The normalized spacial score (nSPS) is 28.2. The molecule has 18 heavy (non-hydrogen) atoms. The summed E-state index contributed by atoms with van der Waals surface area (Å²) in [5.41, 5.74) is 3.91. The molecule has 4 nitrogen and oxygen atoms in total. The lowest BCUT2D eigenvalue weighted by molar-refractivity contribution is 0.556. The van der Waals surface area contributed by atoms with E-state index >= 15 is 0 Å². The highest BCUT2D eigenvalue weighted by atomic mass is 15.1. The quantitative estimate of drug-likeness (QED) is 0.748. The minimum atomic E-state index is 0.266. The highest BCUT2D eigenvalue weighted by Gasteiger charge is 2.33. The summed E-state index contributed by atoms with van der Waals surface area (Å²) in [5, 5.41) is 3.11. The maximum Gasteiger partial charge on any atom is 0.0991 e. The summed E-state index contributed by atoms with van der Waals surface area (Å²) in [5.74, 6) is 0.426. The Morgan fingerprint density at radius 3 is 3.39 bits per heavy atom. The zero-order valence-electron chi connectivity index (χ0n) is 9.95. The van der Waals surface area contributed by atoms with Gasteiger partial charge in [-0.1, -0.05) is 12.2 Å². The summed E-state index contributed by atoms with van der Waals surface area (Å²) in [7, 11) is 0. The van der Waals surface area contributed by atoms with Crippen molar-refractivity contribution in [3.8, 4) is 0 Å². The SMILES string of the molecule is C1=CCC2C(=C1)n1cncc1CC1=CNC=NC12. The second-order valence-corrected chi connectivity index (χ2v) is 4.90. The fourth-order valence-corrected chi connectivity index (χ4v) is 3.05. The van der Waals surface area contributed by atoms with Crippen molar-refractivity contribution >= 4 is 12.0 Å². The van der Waals surface area contributed by atoms with Crippen molar-refractivity contribution < 1.29 is 0 Å². The standard InChI is InChI=1S/C14H14N4/c1-2-4-13-12(3-1)14-10(6-15-8-17-14)5-11-7-16-9-18(11)13/h1-2,4,6-9,12,14H,3,5H2,(H,15,17). The molecule has 4 heteroatoms. The Bertz CT molecular complexity index is 603. The minimum absolute atomic E-state index is 0.266. The molecule has 2 atom stereocenters. The molecule has 3 aliphatic rings. The van der Waals surface area contributed by atoms with Crippen molar-refractivity contribution in [2.24, 2.45) is 10.9 Å². The third-order valence-corrected chi connectivity index (χ3v) is 3.89. The van der Waals surface area contributed by atoms with Crippen LogP contribution >= 0.6 is 0 Å². The lowest BCUT2D eigenvalue weighted by Gasteiger charge is -2.28. The van der Waals surface area contributed by atoms with E-state index in [0.717, 1.165) is 12.8 Å². The summed E-state index contributed by atoms with van der Waals surface area (Å²) >= 11 is 0. The number of rotatable bonds is 0. The monoisotopic (exact) mass is 238 g/mol. The van der Waals surface area contributed by atoms with Crippen LogP contribution in [-0.4, -0.2) is 21.9 Å². The van der Waals surface area contributed by atoms with Crippen LogP contribution in [0, 0.1) is 5.92 Å². The molecule has 2 aliphatic heterocycles. The Balaban J connectivity index is 1.91. The zero-order chi connectivity index (χ0) is 11.9. The van der Waals surface area contributed by atoms with Crippen molar-refractivity contribution in [3.05, 3.63) is 48.2 Å². The van der Waals surface area contributed by atoms with Gasteiger partial charge in [-0.15, -0.1) is 0 Å². The third-order valence-electron chi connectivity index (χ3n) is 3.89. The number of allylic oxidation sites excluding steroid dienone is 3. The predicted molar refractivity (Wildman–Crippen MR) is 70.9 cm³/mol. The Morgan fingerprint density at radius 2 is 2.39 bits per heavy atom. The van der Waals surface area contributed by atoms with E-state index in [0.29, 0.717) is 5.92 Å². The molecular weight excluding hydrogens is 224 g/mol. The molecule has 0 spiro atoms. The van der Waals surface area contributed by atoms with Gasteiger partial charge in [0.25, 0.3) is 0 Å². The van der Waals surface area contributed by atoms with Gasteiger partial charge in [-0.2, -0.15) is 0 Å². The fourth-order valence-electron chi connectivity index (χ4n) is 3.05. The van der Waals surface area contributed by atoms with Crippen molar-refractivity contribution in [2.45, 2.75) is 18.9 Å². The number of hydrogen-bond acceptors (Lipinski definition) is 3. The molecule has 1 N–H and O–H groups in total. The average molecular weight is 238 g/mol. The Labute approximate surface area is 105 Å². The van der Waals surface area contributed by atoms with Crippen LogP contribution in [0.3, 0.4) is 0 Å². The second-order valence-electron chi connectivity index (χ2n) is 4.90. The molecule has 0 saturated heterocycles. The Hall–Kier alpha value is -2.10. The molecule has 0 radical (unpaired) electrons. The maximum absolute atomic E-state index is 4.65. The minimum Gasteiger partial charge on any atom is -0.353 e. The fraction of sp³-hybridized carbons (Fsp3) is 0.286. The molecule has 3 heterocycles. The van der Waals surface area contributed by atoms with Gasteiger partial charge in [0.15, 0.2) is 0 Å². The van der Waals surface area contributed by atoms with Gasteiger partial charge < -0.3 is 9.88 Å². The van der Waals surface area contributed by atoms with Crippen LogP contribution in [0.4, 0.5) is 0 Å². The first kappa shape index (κ1) is 9.88. The first-order chi connectivity index (χ1) is 8.93. The third kappa shape index (κ3) is 1.32. The van der Waals surface area contributed by atoms with Crippen LogP contribution in [0.15, 0.2) is 47.5 Å². The smallest absolute Gasteiger partial charge is 0.0991 e. The van der Waals surface area contributed by atoms with Crippen molar-refractivity contribution in [1.82, 2.24) is 14.9 Å². The van der Waals surface area contributed by atoms with Crippen LogP contribution in [0.1, 0.15) is 12.1 Å². The van der Waals surface area contributed by atoms with E-state index in [1.54, 1.807) is 0 Å². The topological polar surface area (TPSA) is 42.2 Å². The molecule has 1 aliphatic carbocycles. The van der Waals surface area contributed by atoms with Crippen LogP contribution < -0.4 is 5.32 Å². The van der Waals surface area contributed by atoms with E-state index in [-0.39, 0.29) is 6.04 Å². The molecular formula is C14H14N4. The summed E-state index contributed by atoms with van der Waals surface area (Å²) in [4.78, 5) is 8.93. The van der Waals surface area contributed by atoms with Crippen LogP contribution in [0.25, 0.3) is 5.70 Å². The van der Waals surface area contributed by atoms with E-state index in [9.17, 15) is 0 Å². The lowest BCUT2D eigenvalue weighted by atomic mass is 9.85. The summed E-state index contributed by atoms with van der Waals surface area (Å²) in [6.07, 6.45) is 16.3. The number of aromatic nitrogens is 2. The highest BCUT2D eigenvalue weighted by molar-refractivity contribution is 5.64. The number of nitrogens with one attached hydrogen (secondary N) is 1. The van der Waals surface area contributed by atoms with Gasteiger partial charge in [0.05, 0.1) is 18.7 Å². The molecule has 2 unspecified atom stereocenters. The molecule has 1 aromatic heterocycles. The number of hydrogen-bond donors (Lipinski definition) is 1. The van der Waals surface area contributed by atoms with Gasteiger partial charge >= 0.3 is 0 Å². The number of nitrogens with zero attached hydrogens (tertiary/aromatic N) is 3.